The van der Waals surface area contributed by atoms with Crippen molar-refractivity contribution in [2.24, 2.45) is 0 Å². The van der Waals surface area contributed by atoms with Gasteiger partial charge in [0.05, 0.1) is 52.1 Å². The Morgan fingerprint density at radius 2 is 2.20 bits per heavy atom. The quantitative estimate of drug-likeness (QED) is 0.404. The Labute approximate surface area is 201 Å². The van der Waals surface area contributed by atoms with E-state index in [9.17, 15) is 19.1 Å². The molecule has 3 aromatic rings. The first kappa shape index (κ1) is 24.1. The number of rotatable bonds is 7. The van der Waals surface area contributed by atoms with Gasteiger partial charge in [0.15, 0.2) is 0 Å². The van der Waals surface area contributed by atoms with Gasteiger partial charge in [0.25, 0.3) is 5.91 Å². The van der Waals surface area contributed by atoms with E-state index in [0.29, 0.717) is 41.1 Å². The Hall–Kier alpha value is -4.04. The van der Waals surface area contributed by atoms with E-state index in [1.54, 1.807) is 22.7 Å². The van der Waals surface area contributed by atoms with Crippen molar-refractivity contribution in [1.82, 2.24) is 25.2 Å². The van der Waals surface area contributed by atoms with Crippen LogP contribution in [-0.2, 0) is 4.79 Å². The minimum absolute atomic E-state index is 0.0884. The van der Waals surface area contributed by atoms with Gasteiger partial charge in [0, 0.05) is 25.2 Å². The van der Waals surface area contributed by atoms with Crippen LogP contribution < -0.4 is 16.0 Å². The number of nitrogens with zero attached hydrogens (tertiary/aromatic N) is 4. The molecule has 0 bridgehead atoms. The molecule has 2 amide bonds. The number of anilines is 1. The summed E-state index contributed by atoms with van der Waals surface area (Å²) < 4.78 is 15.8. The third kappa shape index (κ3) is 5.38. The molecule has 0 aromatic carbocycles. The standard InChI is InChI=1S/C24H26FN7O3/c1-24(2,35)21(25)13-29-23(34)17-12-28-19(9-18(17)31-15-5-6-27-22(33)8-15)20-4-3-16-7-14(10-26)11-30-32(16)20/h3-4,7,9,11-12,15,21,35H,5-6,8,13H2,1-2H3,(H,27,33)(H,28,31)(H,29,34). The molecule has 1 aliphatic rings. The lowest BCUT2D eigenvalue weighted by Gasteiger charge is -2.26. The monoisotopic (exact) mass is 479 g/mol. The first-order chi connectivity index (χ1) is 16.7. The van der Waals surface area contributed by atoms with Crippen molar-refractivity contribution in [3.63, 3.8) is 0 Å². The normalized spacial score (nSPS) is 16.9. The van der Waals surface area contributed by atoms with Crippen LogP contribution in [0.15, 0.2) is 36.7 Å². The zero-order valence-electron chi connectivity index (χ0n) is 19.4. The van der Waals surface area contributed by atoms with Gasteiger partial charge in [0.1, 0.15) is 12.2 Å². The number of pyridine rings is 1. The van der Waals surface area contributed by atoms with E-state index in [1.165, 1.54) is 26.2 Å². The maximum Gasteiger partial charge on any atom is 0.255 e. The number of carbonyl (C=O) groups is 2. The molecule has 182 valence electrons. The van der Waals surface area contributed by atoms with Gasteiger partial charge < -0.3 is 21.1 Å². The zero-order chi connectivity index (χ0) is 25.2. The van der Waals surface area contributed by atoms with Crippen LogP contribution in [-0.4, -0.2) is 62.4 Å². The second kappa shape index (κ2) is 9.68. The average Bonchev–Trinajstić information content (AvgIpc) is 3.25. The van der Waals surface area contributed by atoms with Crippen LogP contribution >= 0.6 is 0 Å². The van der Waals surface area contributed by atoms with E-state index in [2.05, 4.69) is 32.1 Å². The number of halogens is 1. The van der Waals surface area contributed by atoms with Crippen LogP contribution in [0.25, 0.3) is 16.9 Å². The molecule has 2 atom stereocenters. The first-order valence-corrected chi connectivity index (χ1v) is 11.2. The summed E-state index contributed by atoms with van der Waals surface area (Å²) in [6.45, 7) is 2.80. The smallest absolute Gasteiger partial charge is 0.255 e. The number of amides is 2. The van der Waals surface area contributed by atoms with Crippen molar-refractivity contribution in [3.05, 3.63) is 47.8 Å². The van der Waals surface area contributed by atoms with Gasteiger partial charge in [-0.25, -0.2) is 8.91 Å². The highest BCUT2D eigenvalue weighted by Gasteiger charge is 2.28. The topological polar surface area (TPSA) is 144 Å². The summed E-state index contributed by atoms with van der Waals surface area (Å²) >= 11 is 0. The summed E-state index contributed by atoms with van der Waals surface area (Å²) in [6.07, 6.45) is 2.09. The van der Waals surface area contributed by atoms with Crippen LogP contribution in [0.2, 0.25) is 0 Å². The highest BCUT2D eigenvalue weighted by Crippen LogP contribution is 2.27. The van der Waals surface area contributed by atoms with Crippen molar-refractivity contribution >= 4 is 23.0 Å². The van der Waals surface area contributed by atoms with Crippen molar-refractivity contribution in [2.45, 2.75) is 44.5 Å². The van der Waals surface area contributed by atoms with Crippen LogP contribution in [0, 0.1) is 11.3 Å². The number of aromatic nitrogens is 3. The minimum Gasteiger partial charge on any atom is -0.387 e. The molecule has 3 aromatic heterocycles. The maximum atomic E-state index is 14.2. The number of aliphatic hydroxyl groups is 1. The Morgan fingerprint density at radius 3 is 2.91 bits per heavy atom. The van der Waals surface area contributed by atoms with Gasteiger partial charge in [-0.15, -0.1) is 0 Å². The van der Waals surface area contributed by atoms with Crippen molar-refractivity contribution in [3.8, 4) is 17.5 Å². The summed E-state index contributed by atoms with van der Waals surface area (Å²) in [7, 11) is 0. The highest BCUT2D eigenvalue weighted by molar-refractivity contribution is 6.00. The molecule has 4 heterocycles. The van der Waals surface area contributed by atoms with Gasteiger partial charge in [-0.1, -0.05) is 0 Å². The zero-order valence-corrected chi connectivity index (χ0v) is 19.4. The second-order valence-corrected chi connectivity index (χ2v) is 9.04. The Kier molecular flexibility index (Phi) is 6.66. The fourth-order valence-corrected chi connectivity index (χ4v) is 3.80. The molecule has 1 saturated heterocycles. The number of hydrogen-bond donors (Lipinski definition) is 4. The molecule has 10 nitrogen and oxygen atoms in total. The SMILES string of the molecule is CC(C)(O)C(F)CNC(=O)c1cnc(-c2ccc3cc(C#N)cnn23)cc1NC1CCNC(=O)C1. The predicted molar refractivity (Wildman–Crippen MR) is 126 cm³/mol. The lowest BCUT2D eigenvalue weighted by Crippen LogP contribution is -2.42. The molecule has 4 N–H and O–H groups in total. The highest BCUT2D eigenvalue weighted by atomic mass is 19.1. The van der Waals surface area contributed by atoms with Gasteiger partial charge in [0.2, 0.25) is 5.91 Å². The molecular weight excluding hydrogens is 453 g/mol. The first-order valence-electron chi connectivity index (χ1n) is 11.2. The molecule has 0 aliphatic carbocycles. The molecule has 0 saturated carbocycles. The molecule has 11 heteroatoms. The molecule has 1 fully saturated rings. The second-order valence-electron chi connectivity index (χ2n) is 9.04. The number of nitriles is 1. The van der Waals surface area contributed by atoms with E-state index < -0.39 is 17.7 Å². The molecule has 4 rings (SSSR count). The number of carbonyl (C=O) groups excluding carboxylic acids is 2. The molecule has 35 heavy (non-hydrogen) atoms. The maximum absolute atomic E-state index is 14.2. The molecule has 1 aliphatic heterocycles. The summed E-state index contributed by atoms with van der Waals surface area (Å²) in [5.74, 6) is -0.648. The Bertz CT molecular complexity index is 1310. The summed E-state index contributed by atoms with van der Waals surface area (Å²) in [5, 5.41) is 31.8. The lowest BCUT2D eigenvalue weighted by atomic mass is 10.0. The molecule has 0 radical (unpaired) electrons. The van der Waals surface area contributed by atoms with Crippen LogP contribution in [0.1, 0.15) is 42.6 Å². The number of nitrogens with one attached hydrogen (secondary N) is 3. The molecule has 0 spiro atoms. The average molecular weight is 480 g/mol. The Morgan fingerprint density at radius 1 is 1.40 bits per heavy atom. The van der Waals surface area contributed by atoms with E-state index in [-0.39, 0.29) is 30.5 Å². The Balaban J connectivity index is 1.67. The van der Waals surface area contributed by atoms with E-state index in [0.717, 1.165) is 0 Å². The fraction of sp³-hybridized carbons (Fsp3) is 0.375. The van der Waals surface area contributed by atoms with Crippen LogP contribution in [0.4, 0.5) is 10.1 Å². The summed E-state index contributed by atoms with van der Waals surface area (Å²) in [6, 6.07) is 8.86. The van der Waals surface area contributed by atoms with Crippen molar-refractivity contribution in [2.75, 3.05) is 18.4 Å². The summed E-state index contributed by atoms with van der Waals surface area (Å²) in [4.78, 5) is 29.2. The minimum atomic E-state index is -1.66. The number of piperidine rings is 1. The summed E-state index contributed by atoms with van der Waals surface area (Å²) in [5.41, 5.74) is 1.32. The van der Waals surface area contributed by atoms with Crippen molar-refractivity contribution < 1.29 is 19.1 Å². The number of fused-ring (bicyclic) bond motifs is 1. The largest absolute Gasteiger partial charge is 0.387 e. The van der Waals surface area contributed by atoms with Crippen LogP contribution in [0.5, 0.6) is 0 Å². The predicted octanol–water partition coefficient (Wildman–Crippen LogP) is 1.80. The van der Waals surface area contributed by atoms with E-state index >= 15 is 0 Å². The third-order valence-electron chi connectivity index (χ3n) is 5.86. The third-order valence-corrected chi connectivity index (χ3v) is 5.86. The number of alkyl halides is 1. The van der Waals surface area contributed by atoms with Gasteiger partial charge in [-0.2, -0.15) is 10.4 Å². The fourth-order valence-electron chi connectivity index (χ4n) is 3.80. The molecule has 2 unspecified atom stereocenters. The van der Waals surface area contributed by atoms with Crippen molar-refractivity contribution in [1.29, 1.82) is 5.26 Å². The van der Waals surface area contributed by atoms with Crippen LogP contribution in [0.3, 0.4) is 0 Å². The lowest BCUT2D eigenvalue weighted by molar-refractivity contribution is -0.122. The number of hydrogen-bond acceptors (Lipinski definition) is 7. The van der Waals surface area contributed by atoms with Gasteiger partial charge in [-0.3, -0.25) is 14.6 Å². The molecular formula is C24H26FN7O3. The van der Waals surface area contributed by atoms with E-state index in [1.807, 2.05) is 6.07 Å². The van der Waals surface area contributed by atoms with Gasteiger partial charge >= 0.3 is 0 Å². The van der Waals surface area contributed by atoms with E-state index in [4.69, 9.17) is 5.26 Å². The van der Waals surface area contributed by atoms with Gasteiger partial charge in [-0.05, 0) is 44.5 Å².